The predicted molar refractivity (Wildman–Crippen MR) is 145 cm³/mol. The number of esters is 2. The number of thiophene rings is 1. The van der Waals surface area contributed by atoms with E-state index >= 15 is 0 Å². The van der Waals surface area contributed by atoms with Gasteiger partial charge in [-0.25, -0.2) is 4.79 Å². The van der Waals surface area contributed by atoms with Gasteiger partial charge in [0.05, 0.1) is 18.6 Å². The number of benzene rings is 1. The third-order valence-corrected chi connectivity index (χ3v) is 8.25. The molecule has 1 amide bonds. The topological polar surface area (TPSA) is 93.7 Å². The van der Waals surface area contributed by atoms with Gasteiger partial charge in [0.25, 0.3) is 5.91 Å². The molecule has 1 heterocycles. The first kappa shape index (κ1) is 27.3. The van der Waals surface area contributed by atoms with E-state index in [9.17, 15) is 14.4 Å². The van der Waals surface area contributed by atoms with Crippen molar-refractivity contribution in [3.8, 4) is 0 Å². The van der Waals surface area contributed by atoms with Crippen LogP contribution in [0.5, 0.6) is 0 Å². The summed E-state index contributed by atoms with van der Waals surface area (Å²) in [5.41, 5.74) is 2.50. The Balaban J connectivity index is 1.42. The standard InChI is InChI=1S/C29H38N2O5S/c1-29(2,3)36-28(34)24-22-10-5-6-11-23(22)37-26(24)31-25(32)20-9-7-8-18(16-20)17-30-21-14-12-19(13-15-21)27(33)35-4/h7-9,16,19,21,30H,5-6,10-15,17H2,1-4H3,(H,31,32)/t19-,21-. The molecule has 0 radical (unpaired) electrons. The molecular weight excluding hydrogens is 488 g/mol. The Bertz CT molecular complexity index is 1140. The van der Waals surface area contributed by atoms with Crippen LogP contribution in [0.25, 0.3) is 0 Å². The molecule has 0 spiro atoms. The van der Waals surface area contributed by atoms with Gasteiger partial charge >= 0.3 is 11.9 Å². The van der Waals surface area contributed by atoms with E-state index in [4.69, 9.17) is 9.47 Å². The van der Waals surface area contributed by atoms with Crippen LogP contribution in [0, 0.1) is 5.92 Å². The second-order valence-corrected chi connectivity index (χ2v) is 12.1. The summed E-state index contributed by atoms with van der Waals surface area (Å²) in [4.78, 5) is 39.3. The van der Waals surface area contributed by atoms with Gasteiger partial charge in [0.15, 0.2) is 0 Å². The van der Waals surface area contributed by atoms with Gasteiger partial charge < -0.3 is 20.1 Å². The highest BCUT2D eigenvalue weighted by Gasteiger charge is 2.30. The molecule has 8 heteroatoms. The minimum atomic E-state index is -0.609. The molecule has 4 rings (SSSR count). The van der Waals surface area contributed by atoms with Gasteiger partial charge in [0.2, 0.25) is 0 Å². The lowest BCUT2D eigenvalue weighted by Crippen LogP contribution is -2.34. The zero-order valence-electron chi connectivity index (χ0n) is 22.3. The maximum atomic E-state index is 13.3. The number of hydrogen-bond donors (Lipinski definition) is 2. The van der Waals surface area contributed by atoms with Gasteiger partial charge in [-0.1, -0.05) is 12.1 Å². The second-order valence-electron chi connectivity index (χ2n) is 11.0. The second kappa shape index (κ2) is 11.8. The Labute approximate surface area is 223 Å². The number of hydrogen-bond acceptors (Lipinski definition) is 7. The Hall–Kier alpha value is -2.71. The molecule has 7 nitrogen and oxygen atoms in total. The van der Waals surface area contributed by atoms with Crippen LogP contribution in [0.3, 0.4) is 0 Å². The van der Waals surface area contributed by atoms with Crippen molar-refractivity contribution in [1.29, 1.82) is 0 Å². The third-order valence-electron chi connectivity index (χ3n) is 7.05. The van der Waals surface area contributed by atoms with Crippen LogP contribution in [-0.2, 0) is 33.7 Å². The average Bonchev–Trinajstić information content (AvgIpc) is 3.24. The van der Waals surface area contributed by atoms with Crippen molar-refractivity contribution >= 4 is 34.2 Å². The predicted octanol–water partition coefficient (Wildman–Crippen LogP) is 5.66. The first-order valence-corrected chi connectivity index (χ1v) is 14.1. The van der Waals surface area contributed by atoms with Crippen LogP contribution >= 0.6 is 11.3 Å². The molecule has 1 aromatic heterocycles. The largest absolute Gasteiger partial charge is 0.469 e. The quantitative estimate of drug-likeness (QED) is 0.453. The molecule has 0 bridgehead atoms. The van der Waals surface area contributed by atoms with Crippen molar-refractivity contribution in [2.24, 2.45) is 5.92 Å². The number of ether oxygens (including phenoxy) is 2. The van der Waals surface area contributed by atoms with E-state index in [1.165, 1.54) is 23.3 Å². The Morgan fingerprint density at radius 1 is 1.05 bits per heavy atom. The fourth-order valence-electron chi connectivity index (χ4n) is 5.16. The zero-order valence-corrected chi connectivity index (χ0v) is 23.1. The normalized spacial score (nSPS) is 19.6. The monoisotopic (exact) mass is 526 g/mol. The molecule has 2 aliphatic rings. The van der Waals surface area contributed by atoms with Crippen molar-refractivity contribution in [3.63, 3.8) is 0 Å². The molecule has 0 saturated heterocycles. The number of carbonyl (C=O) groups is 3. The molecule has 2 aliphatic carbocycles. The lowest BCUT2D eigenvalue weighted by Gasteiger charge is -2.27. The average molecular weight is 527 g/mol. The molecule has 1 saturated carbocycles. The minimum absolute atomic E-state index is 0.00330. The summed E-state index contributed by atoms with van der Waals surface area (Å²) >= 11 is 1.50. The summed E-state index contributed by atoms with van der Waals surface area (Å²) in [5, 5.41) is 7.17. The summed E-state index contributed by atoms with van der Waals surface area (Å²) < 4.78 is 10.6. The van der Waals surface area contributed by atoms with Gasteiger partial charge in [-0.15, -0.1) is 11.3 Å². The third kappa shape index (κ3) is 6.99. The van der Waals surface area contributed by atoms with Crippen molar-refractivity contribution in [2.75, 3.05) is 12.4 Å². The van der Waals surface area contributed by atoms with Crippen LogP contribution in [0.2, 0.25) is 0 Å². The first-order chi connectivity index (χ1) is 17.6. The fourth-order valence-corrected chi connectivity index (χ4v) is 6.43. The molecule has 37 heavy (non-hydrogen) atoms. The Morgan fingerprint density at radius 3 is 2.49 bits per heavy atom. The number of amides is 1. The van der Waals surface area contributed by atoms with Gasteiger partial charge in [0.1, 0.15) is 10.6 Å². The molecule has 0 atom stereocenters. The molecule has 2 N–H and O–H groups in total. The van der Waals surface area contributed by atoms with Crippen LogP contribution in [0.1, 0.15) is 96.0 Å². The highest BCUT2D eigenvalue weighted by atomic mass is 32.1. The Kier molecular flexibility index (Phi) is 8.70. The minimum Gasteiger partial charge on any atom is -0.469 e. The number of carbonyl (C=O) groups excluding carboxylic acids is 3. The van der Waals surface area contributed by atoms with E-state index in [0.717, 1.165) is 62.5 Å². The SMILES string of the molecule is COC(=O)[C@H]1CC[C@H](NCc2cccc(C(=O)Nc3sc4c(c3C(=O)OC(C)(C)C)CCCC4)c2)CC1. The zero-order chi connectivity index (χ0) is 26.6. The summed E-state index contributed by atoms with van der Waals surface area (Å²) in [6, 6.07) is 7.91. The van der Waals surface area contributed by atoms with E-state index in [0.29, 0.717) is 28.7 Å². The molecule has 0 aliphatic heterocycles. The van der Waals surface area contributed by atoms with Crippen molar-refractivity contribution in [2.45, 2.75) is 90.3 Å². The number of rotatable bonds is 7. The van der Waals surface area contributed by atoms with E-state index in [1.54, 1.807) is 6.07 Å². The van der Waals surface area contributed by atoms with Gasteiger partial charge in [-0.05, 0) is 95.4 Å². The summed E-state index contributed by atoms with van der Waals surface area (Å²) in [6.45, 7) is 6.20. The molecule has 1 fully saturated rings. The van der Waals surface area contributed by atoms with Gasteiger partial charge in [0, 0.05) is 23.0 Å². The summed E-state index contributed by atoms with van der Waals surface area (Å²) in [7, 11) is 1.45. The number of aryl methyl sites for hydroxylation is 1. The van der Waals surface area contributed by atoms with Gasteiger partial charge in [-0.2, -0.15) is 0 Å². The van der Waals surface area contributed by atoms with Crippen LogP contribution < -0.4 is 10.6 Å². The summed E-state index contributed by atoms with van der Waals surface area (Å²) in [6.07, 6.45) is 7.40. The first-order valence-electron chi connectivity index (χ1n) is 13.2. The lowest BCUT2D eigenvalue weighted by molar-refractivity contribution is -0.146. The maximum absolute atomic E-state index is 13.3. The molecule has 200 valence electrons. The van der Waals surface area contributed by atoms with E-state index in [-0.39, 0.29) is 23.8 Å². The molecule has 0 unspecified atom stereocenters. The molecule has 2 aromatic rings. The van der Waals surface area contributed by atoms with E-state index < -0.39 is 5.60 Å². The molecular formula is C29H38N2O5S. The fraction of sp³-hybridized carbons (Fsp3) is 0.552. The number of nitrogens with one attached hydrogen (secondary N) is 2. The number of fused-ring (bicyclic) bond motifs is 1. The van der Waals surface area contributed by atoms with Crippen LogP contribution in [-0.4, -0.2) is 36.6 Å². The van der Waals surface area contributed by atoms with Crippen molar-refractivity contribution in [3.05, 3.63) is 51.4 Å². The lowest BCUT2D eigenvalue weighted by atomic mass is 9.86. The van der Waals surface area contributed by atoms with E-state index in [2.05, 4.69) is 10.6 Å². The maximum Gasteiger partial charge on any atom is 0.341 e. The Morgan fingerprint density at radius 2 is 1.78 bits per heavy atom. The smallest absolute Gasteiger partial charge is 0.341 e. The van der Waals surface area contributed by atoms with Crippen LogP contribution in [0.4, 0.5) is 5.00 Å². The van der Waals surface area contributed by atoms with Crippen LogP contribution in [0.15, 0.2) is 24.3 Å². The van der Waals surface area contributed by atoms with Gasteiger partial charge in [-0.3, -0.25) is 9.59 Å². The van der Waals surface area contributed by atoms with Crippen molar-refractivity contribution < 1.29 is 23.9 Å². The van der Waals surface area contributed by atoms with Crippen molar-refractivity contribution in [1.82, 2.24) is 5.32 Å². The highest BCUT2D eigenvalue weighted by Crippen LogP contribution is 2.39. The number of anilines is 1. The van der Waals surface area contributed by atoms with E-state index in [1.807, 2.05) is 39.0 Å². The number of methoxy groups -OCH3 is 1. The highest BCUT2D eigenvalue weighted by molar-refractivity contribution is 7.17. The molecule has 1 aromatic carbocycles. The summed E-state index contributed by atoms with van der Waals surface area (Å²) in [5.74, 6) is -0.715.